The van der Waals surface area contributed by atoms with Gasteiger partial charge in [-0.3, -0.25) is 24.1 Å². The number of esters is 2. The number of thiazole rings is 1. The third-order valence-corrected chi connectivity index (χ3v) is 6.82. The second-order valence-corrected chi connectivity index (χ2v) is 10.5. The van der Waals surface area contributed by atoms with E-state index in [1.54, 1.807) is 20.8 Å². The van der Waals surface area contributed by atoms with E-state index in [0.717, 1.165) is 11.3 Å². The predicted octanol–water partition coefficient (Wildman–Crippen LogP) is 0.621. The number of β-lactam (4-membered cyclic amide) rings is 1. The Hall–Kier alpha value is -3.46. The molecule has 0 spiro atoms. The Balaban J connectivity index is 1.82. The van der Waals surface area contributed by atoms with Crippen LogP contribution in [0.25, 0.3) is 0 Å². The molecule has 0 aliphatic carbocycles. The molecule has 194 valence electrons. The number of thioether (sulfide) groups is 1. The van der Waals surface area contributed by atoms with Crippen molar-refractivity contribution in [2.75, 3.05) is 24.8 Å². The van der Waals surface area contributed by atoms with Gasteiger partial charge in [0.05, 0.1) is 0 Å². The van der Waals surface area contributed by atoms with Gasteiger partial charge in [-0.15, -0.1) is 23.1 Å². The fraction of sp³-hybridized carbons (Fsp3) is 0.476. The van der Waals surface area contributed by atoms with Crippen LogP contribution in [-0.4, -0.2) is 82.2 Å². The Kier molecular flexibility index (Phi) is 8.35. The van der Waals surface area contributed by atoms with Gasteiger partial charge in [0.2, 0.25) is 6.41 Å². The average Bonchev–Trinajstić information content (AvgIpc) is 3.25. The molecule has 3 heterocycles. The minimum Gasteiger partial charge on any atom is -0.461 e. The standard InChI is InChI=1S/C21H25N5O8S2/c1-10(28)33-6-11-7-35-18-14(17(30)26(18)15(11)19(31)34-21(2,3)4)24-16(29)13(25-32-5)12-8-36-20(23-12)22-9-27/h8-9,14,18H,6-7H2,1-5H3,(H,24,29)(H,22,23,27)/b25-13-/t14?,18-/m1/s1. The maximum Gasteiger partial charge on any atom is 0.355 e. The number of hydrogen-bond acceptors (Lipinski definition) is 12. The third kappa shape index (κ3) is 6.02. The lowest BCUT2D eigenvalue weighted by molar-refractivity contribution is -0.159. The Morgan fingerprint density at radius 1 is 1.33 bits per heavy atom. The molecule has 1 fully saturated rings. The summed E-state index contributed by atoms with van der Waals surface area (Å²) in [6.45, 7) is 6.15. The Morgan fingerprint density at radius 2 is 2.06 bits per heavy atom. The summed E-state index contributed by atoms with van der Waals surface area (Å²) in [6.07, 6.45) is 0.448. The maximum atomic E-state index is 13.1. The van der Waals surface area contributed by atoms with Crippen LogP contribution in [0, 0.1) is 0 Å². The van der Waals surface area contributed by atoms with E-state index in [0.29, 0.717) is 12.0 Å². The summed E-state index contributed by atoms with van der Waals surface area (Å²) in [5.41, 5.74) is -0.451. The van der Waals surface area contributed by atoms with Gasteiger partial charge in [0.25, 0.3) is 11.8 Å². The van der Waals surface area contributed by atoms with Crippen molar-refractivity contribution in [3.63, 3.8) is 0 Å². The van der Waals surface area contributed by atoms with E-state index in [4.69, 9.17) is 14.3 Å². The van der Waals surface area contributed by atoms with Crippen LogP contribution in [0.2, 0.25) is 0 Å². The molecule has 0 radical (unpaired) electrons. The lowest BCUT2D eigenvalue weighted by Crippen LogP contribution is -2.71. The van der Waals surface area contributed by atoms with Crippen molar-refractivity contribution in [3.05, 3.63) is 22.3 Å². The number of anilines is 1. The lowest BCUT2D eigenvalue weighted by Gasteiger charge is -2.49. The molecule has 3 amide bonds. The van der Waals surface area contributed by atoms with Crippen molar-refractivity contribution >= 4 is 64.1 Å². The van der Waals surface area contributed by atoms with Crippen LogP contribution in [0.5, 0.6) is 0 Å². The minimum absolute atomic E-state index is 0.000265. The fourth-order valence-corrected chi connectivity index (χ4v) is 5.28. The fourth-order valence-electron chi connectivity index (χ4n) is 3.30. The number of oxime groups is 1. The Morgan fingerprint density at radius 3 is 2.67 bits per heavy atom. The molecule has 2 aliphatic rings. The smallest absolute Gasteiger partial charge is 0.355 e. The van der Waals surface area contributed by atoms with E-state index in [1.165, 1.54) is 36.1 Å². The molecule has 1 aromatic rings. The zero-order chi connectivity index (χ0) is 26.6. The number of aromatic nitrogens is 1. The highest BCUT2D eigenvalue weighted by Crippen LogP contribution is 2.41. The highest BCUT2D eigenvalue weighted by atomic mass is 32.2. The lowest BCUT2D eigenvalue weighted by atomic mass is 10.0. The third-order valence-electron chi connectivity index (χ3n) is 4.70. The van der Waals surface area contributed by atoms with Gasteiger partial charge in [0, 0.05) is 23.6 Å². The molecular weight excluding hydrogens is 514 g/mol. The Labute approximate surface area is 214 Å². The number of hydrogen-bond donors (Lipinski definition) is 2. The van der Waals surface area contributed by atoms with E-state index >= 15 is 0 Å². The molecule has 2 atom stereocenters. The average molecular weight is 540 g/mol. The summed E-state index contributed by atoms with van der Waals surface area (Å²) in [4.78, 5) is 71.1. The molecule has 1 saturated heterocycles. The van der Waals surface area contributed by atoms with Gasteiger partial charge in [0.1, 0.15) is 42.1 Å². The zero-order valence-corrected chi connectivity index (χ0v) is 21.8. The van der Waals surface area contributed by atoms with Crippen LogP contribution in [0.1, 0.15) is 33.4 Å². The van der Waals surface area contributed by atoms with Gasteiger partial charge in [-0.25, -0.2) is 9.78 Å². The van der Waals surface area contributed by atoms with Crippen molar-refractivity contribution < 1.29 is 38.3 Å². The molecule has 0 bridgehead atoms. The van der Waals surface area contributed by atoms with Gasteiger partial charge in [-0.2, -0.15) is 0 Å². The van der Waals surface area contributed by atoms with E-state index in [2.05, 4.69) is 20.8 Å². The van der Waals surface area contributed by atoms with Crippen LogP contribution >= 0.6 is 23.1 Å². The number of nitrogens with zero attached hydrogens (tertiary/aromatic N) is 3. The molecule has 0 saturated carbocycles. The van der Waals surface area contributed by atoms with E-state index < -0.39 is 40.8 Å². The van der Waals surface area contributed by atoms with Crippen LogP contribution < -0.4 is 10.6 Å². The van der Waals surface area contributed by atoms with Gasteiger partial charge in [-0.1, -0.05) is 5.16 Å². The highest BCUT2D eigenvalue weighted by molar-refractivity contribution is 8.00. The number of amides is 3. The first kappa shape index (κ1) is 27.1. The van der Waals surface area contributed by atoms with Crippen LogP contribution in [0.15, 0.2) is 21.8 Å². The number of fused-ring (bicyclic) bond motifs is 1. The molecule has 15 heteroatoms. The molecule has 13 nitrogen and oxygen atoms in total. The summed E-state index contributed by atoms with van der Waals surface area (Å²) in [6, 6.07) is -0.969. The number of ether oxygens (including phenoxy) is 2. The molecule has 2 aliphatic heterocycles. The van der Waals surface area contributed by atoms with E-state index in [-0.39, 0.29) is 34.6 Å². The first-order valence-electron chi connectivity index (χ1n) is 10.6. The van der Waals surface area contributed by atoms with Crippen molar-refractivity contribution in [1.82, 2.24) is 15.2 Å². The number of carbonyl (C=O) groups excluding carboxylic acids is 5. The van der Waals surface area contributed by atoms with Crippen molar-refractivity contribution in [3.8, 4) is 0 Å². The summed E-state index contributed by atoms with van der Waals surface area (Å²) >= 11 is 2.37. The van der Waals surface area contributed by atoms with Crippen molar-refractivity contribution in [1.29, 1.82) is 0 Å². The highest BCUT2D eigenvalue weighted by Gasteiger charge is 2.55. The first-order valence-corrected chi connectivity index (χ1v) is 12.5. The molecule has 1 aromatic heterocycles. The van der Waals surface area contributed by atoms with E-state index in [1.807, 2.05) is 0 Å². The largest absolute Gasteiger partial charge is 0.461 e. The van der Waals surface area contributed by atoms with Gasteiger partial charge < -0.3 is 24.9 Å². The number of rotatable bonds is 9. The molecule has 0 aromatic carbocycles. The van der Waals surface area contributed by atoms with Gasteiger partial charge in [-0.05, 0) is 20.8 Å². The molecule has 3 rings (SSSR count). The molecule has 36 heavy (non-hydrogen) atoms. The minimum atomic E-state index is -0.969. The Bertz CT molecular complexity index is 1140. The van der Waals surface area contributed by atoms with Crippen LogP contribution in [0.3, 0.4) is 0 Å². The molecule has 1 unspecified atom stereocenters. The second-order valence-electron chi connectivity index (χ2n) is 8.52. The normalized spacial score (nSPS) is 19.6. The summed E-state index contributed by atoms with van der Waals surface area (Å²) in [5.74, 6) is -2.26. The molecular formula is C21H25N5O8S2. The monoisotopic (exact) mass is 539 g/mol. The maximum absolute atomic E-state index is 13.1. The van der Waals surface area contributed by atoms with Crippen molar-refractivity contribution in [2.45, 2.75) is 44.7 Å². The summed E-state index contributed by atoms with van der Waals surface area (Å²) in [7, 11) is 1.25. The quantitative estimate of drug-likeness (QED) is 0.149. The molecule has 2 N–H and O–H groups in total. The summed E-state index contributed by atoms with van der Waals surface area (Å²) < 4.78 is 10.5. The SMILES string of the molecule is CO/N=C(\C(=O)NC1C(=O)N2C(C(=O)OC(C)(C)C)=C(COC(C)=O)CS[C@H]12)c1csc(NC=O)n1. The number of carbonyl (C=O) groups is 5. The van der Waals surface area contributed by atoms with Gasteiger partial charge in [0.15, 0.2) is 10.8 Å². The topological polar surface area (TPSA) is 166 Å². The zero-order valence-electron chi connectivity index (χ0n) is 20.1. The van der Waals surface area contributed by atoms with Crippen molar-refractivity contribution in [2.24, 2.45) is 5.16 Å². The van der Waals surface area contributed by atoms with Crippen LogP contribution in [0.4, 0.5) is 5.13 Å². The summed E-state index contributed by atoms with van der Waals surface area (Å²) in [5, 5.41) is 9.85. The van der Waals surface area contributed by atoms with Crippen LogP contribution in [-0.2, 0) is 38.3 Å². The van der Waals surface area contributed by atoms with E-state index in [9.17, 15) is 24.0 Å². The first-order chi connectivity index (χ1) is 17.0. The van der Waals surface area contributed by atoms with Gasteiger partial charge >= 0.3 is 11.9 Å². The predicted molar refractivity (Wildman–Crippen MR) is 130 cm³/mol. The second kappa shape index (κ2) is 11.1. The number of nitrogens with one attached hydrogen (secondary N) is 2.